The van der Waals surface area contributed by atoms with E-state index in [1.807, 2.05) is 37.3 Å². The SMILES string of the molecule is CC1(C(=O)NC(CCN(CCCCc2ccc3c(n2)NCCC3)CCOc2ccccc2)C(=O)O)CCOCC1. The van der Waals surface area contributed by atoms with Crippen molar-refractivity contribution in [1.82, 2.24) is 15.2 Å². The molecule has 1 unspecified atom stereocenters. The van der Waals surface area contributed by atoms with Gasteiger partial charge in [-0.15, -0.1) is 0 Å². The second kappa shape index (κ2) is 15.0. The third-order valence-corrected chi connectivity index (χ3v) is 8.01. The van der Waals surface area contributed by atoms with E-state index in [4.69, 9.17) is 14.5 Å². The van der Waals surface area contributed by atoms with Gasteiger partial charge in [-0.05, 0) is 81.7 Å². The Labute approximate surface area is 237 Å². The number of hydrogen-bond acceptors (Lipinski definition) is 7. The summed E-state index contributed by atoms with van der Waals surface area (Å²) in [5.41, 5.74) is 1.81. The Kier molecular flexibility index (Phi) is 11.2. The van der Waals surface area contributed by atoms with E-state index in [0.29, 0.717) is 52.2 Å². The number of ether oxygens (including phenoxy) is 2. The first-order valence-corrected chi connectivity index (χ1v) is 14.7. The van der Waals surface area contributed by atoms with E-state index in [2.05, 4.69) is 27.7 Å². The Morgan fingerprint density at radius 3 is 2.70 bits per heavy atom. The van der Waals surface area contributed by atoms with Crippen LogP contribution in [0.4, 0.5) is 5.82 Å². The van der Waals surface area contributed by atoms with Gasteiger partial charge >= 0.3 is 5.97 Å². The fourth-order valence-electron chi connectivity index (χ4n) is 5.24. The number of unbranched alkanes of at least 4 members (excludes halogenated alkanes) is 1. The van der Waals surface area contributed by atoms with E-state index >= 15 is 0 Å². The van der Waals surface area contributed by atoms with Crippen molar-refractivity contribution < 1.29 is 24.2 Å². The van der Waals surface area contributed by atoms with Crippen LogP contribution in [0.2, 0.25) is 0 Å². The number of aryl methyl sites for hydroxylation is 2. The first kappa shape index (κ1) is 29.8. The number of carbonyl (C=O) groups is 2. The molecule has 1 aromatic heterocycles. The van der Waals surface area contributed by atoms with Gasteiger partial charge in [0.05, 0.1) is 5.41 Å². The van der Waals surface area contributed by atoms with E-state index in [0.717, 1.165) is 62.5 Å². The molecule has 2 aliphatic rings. The van der Waals surface area contributed by atoms with Crippen LogP contribution in [0.5, 0.6) is 5.75 Å². The number of carboxylic acid groups (broad SMARTS) is 1. The maximum atomic E-state index is 13.0. The van der Waals surface area contributed by atoms with Gasteiger partial charge < -0.3 is 25.2 Å². The third kappa shape index (κ3) is 8.93. The minimum absolute atomic E-state index is 0.200. The summed E-state index contributed by atoms with van der Waals surface area (Å²) in [5, 5.41) is 16.1. The molecule has 1 fully saturated rings. The van der Waals surface area contributed by atoms with Gasteiger partial charge in [0.25, 0.3) is 0 Å². The van der Waals surface area contributed by atoms with Crippen LogP contribution < -0.4 is 15.4 Å². The van der Waals surface area contributed by atoms with Crippen LogP contribution in [0.25, 0.3) is 0 Å². The second-order valence-corrected chi connectivity index (χ2v) is 11.1. The quantitative estimate of drug-likeness (QED) is 0.285. The number of carboxylic acids is 1. The zero-order valence-electron chi connectivity index (χ0n) is 23.7. The van der Waals surface area contributed by atoms with Crippen LogP contribution in [0.15, 0.2) is 42.5 Å². The minimum Gasteiger partial charge on any atom is -0.492 e. The molecular formula is C31H44N4O5. The summed E-state index contributed by atoms with van der Waals surface area (Å²) < 4.78 is 11.3. The van der Waals surface area contributed by atoms with Crippen molar-refractivity contribution in [2.24, 2.45) is 5.41 Å². The summed E-state index contributed by atoms with van der Waals surface area (Å²) >= 11 is 0. The summed E-state index contributed by atoms with van der Waals surface area (Å²) in [5.74, 6) is 0.639. The first-order valence-electron chi connectivity index (χ1n) is 14.7. The molecule has 1 amide bonds. The number of hydrogen-bond donors (Lipinski definition) is 3. The minimum atomic E-state index is -1.00. The van der Waals surface area contributed by atoms with Gasteiger partial charge in [-0.3, -0.25) is 9.69 Å². The van der Waals surface area contributed by atoms with Crippen LogP contribution >= 0.6 is 0 Å². The summed E-state index contributed by atoms with van der Waals surface area (Å²) in [4.78, 5) is 32.1. The Bertz CT molecular complexity index is 1090. The maximum Gasteiger partial charge on any atom is 0.326 e. The number of benzene rings is 1. The standard InChI is InChI=1S/C31H44N4O5/c1-31(15-21-39-22-16-31)30(38)34-27(29(36)37)14-19-35(20-23-40-26-10-3-2-4-11-26)18-6-5-9-25-13-12-24-8-7-17-32-28(24)33-25/h2-4,10-13,27H,5-9,14-23H2,1H3,(H,32,33)(H,34,38)(H,36,37). The Morgan fingerprint density at radius 2 is 1.93 bits per heavy atom. The van der Waals surface area contributed by atoms with Crippen molar-refractivity contribution in [3.63, 3.8) is 0 Å². The van der Waals surface area contributed by atoms with Crippen molar-refractivity contribution in [3.8, 4) is 5.75 Å². The van der Waals surface area contributed by atoms with E-state index in [1.165, 1.54) is 5.56 Å². The van der Waals surface area contributed by atoms with Crippen molar-refractivity contribution in [1.29, 1.82) is 0 Å². The lowest BCUT2D eigenvalue weighted by Crippen LogP contribution is -2.50. The maximum absolute atomic E-state index is 13.0. The van der Waals surface area contributed by atoms with Gasteiger partial charge in [0.2, 0.25) is 5.91 Å². The first-order chi connectivity index (χ1) is 19.4. The number of para-hydroxylation sites is 1. The lowest BCUT2D eigenvalue weighted by molar-refractivity contribution is -0.145. The highest BCUT2D eigenvalue weighted by Crippen LogP contribution is 2.30. The van der Waals surface area contributed by atoms with Gasteiger partial charge in [-0.25, -0.2) is 9.78 Å². The van der Waals surface area contributed by atoms with Gasteiger partial charge in [-0.2, -0.15) is 0 Å². The molecule has 1 aromatic carbocycles. The highest BCUT2D eigenvalue weighted by molar-refractivity contribution is 5.87. The van der Waals surface area contributed by atoms with Crippen molar-refractivity contribution in [2.75, 3.05) is 51.3 Å². The van der Waals surface area contributed by atoms with Crippen molar-refractivity contribution in [2.45, 2.75) is 64.3 Å². The topological polar surface area (TPSA) is 113 Å². The van der Waals surface area contributed by atoms with E-state index < -0.39 is 17.4 Å². The van der Waals surface area contributed by atoms with Crippen LogP contribution in [0.1, 0.15) is 56.7 Å². The molecule has 1 atom stereocenters. The molecular weight excluding hydrogens is 508 g/mol. The molecule has 2 aromatic rings. The smallest absolute Gasteiger partial charge is 0.326 e. The molecule has 4 rings (SSSR count). The van der Waals surface area contributed by atoms with Crippen LogP contribution in [0.3, 0.4) is 0 Å². The summed E-state index contributed by atoms with van der Waals surface area (Å²) in [7, 11) is 0. The number of carbonyl (C=O) groups excluding carboxylic acids is 1. The molecule has 0 saturated carbocycles. The van der Waals surface area contributed by atoms with E-state index in [9.17, 15) is 14.7 Å². The number of aromatic nitrogens is 1. The summed E-state index contributed by atoms with van der Waals surface area (Å²) in [6.07, 6.45) is 6.61. The number of amides is 1. The summed E-state index contributed by atoms with van der Waals surface area (Å²) in [6, 6.07) is 13.1. The monoisotopic (exact) mass is 552 g/mol. The fourth-order valence-corrected chi connectivity index (χ4v) is 5.24. The normalized spacial score (nSPS) is 16.9. The average molecular weight is 553 g/mol. The molecule has 218 valence electrons. The predicted octanol–water partition coefficient (Wildman–Crippen LogP) is 3.92. The molecule has 0 aliphatic carbocycles. The number of pyridine rings is 1. The van der Waals surface area contributed by atoms with Gasteiger partial charge in [0, 0.05) is 38.5 Å². The van der Waals surface area contributed by atoms with Crippen LogP contribution in [-0.4, -0.2) is 78.9 Å². The number of anilines is 1. The largest absolute Gasteiger partial charge is 0.492 e. The molecule has 1 saturated heterocycles. The number of nitrogens with zero attached hydrogens (tertiary/aromatic N) is 2. The molecule has 0 spiro atoms. The van der Waals surface area contributed by atoms with E-state index in [-0.39, 0.29) is 5.91 Å². The lowest BCUT2D eigenvalue weighted by Gasteiger charge is -2.33. The van der Waals surface area contributed by atoms with E-state index in [1.54, 1.807) is 0 Å². The number of nitrogens with one attached hydrogen (secondary N) is 2. The van der Waals surface area contributed by atoms with Crippen LogP contribution in [0, 0.1) is 5.41 Å². The molecule has 40 heavy (non-hydrogen) atoms. The zero-order valence-corrected chi connectivity index (χ0v) is 23.7. The molecule has 0 bridgehead atoms. The molecule has 3 N–H and O–H groups in total. The van der Waals surface area contributed by atoms with Crippen molar-refractivity contribution in [3.05, 3.63) is 53.7 Å². The highest BCUT2D eigenvalue weighted by atomic mass is 16.5. The Hall–Kier alpha value is -3.17. The van der Waals surface area contributed by atoms with Gasteiger partial charge in [-0.1, -0.05) is 31.2 Å². The lowest BCUT2D eigenvalue weighted by atomic mass is 9.81. The number of fused-ring (bicyclic) bond motifs is 1. The molecule has 0 radical (unpaired) electrons. The number of aliphatic carboxylic acids is 1. The molecule has 9 heteroatoms. The fraction of sp³-hybridized carbons (Fsp3) is 0.581. The summed E-state index contributed by atoms with van der Waals surface area (Å²) in [6.45, 7) is 6.46. The zero-order chi connectivity index (χ0) is 28.2. The van der Waals surface area contributed by atoms with Gasteiger partial charge in [0.1, 0.15) is 24.2 Å². The van der Waals surface area contributed by atoms with Gasteiger partial charge in [0.15, 0.2) is 0 Å². The second-order valence-electron chi connectivity index (χ2n) is 11.1. The molecule has 2 aliphatic heterocycles. The average Bonchev–Trinajstić information content (AvgIpc) is 2.97. The molecule has 9 nitrogen and oxygen atoms in total. The third-order valence-electron chi connectivity index (χ3n) is 8.01. The van der Waals surface area contributed by atoms with Crippen molar-refractivity contribution >= 4 is 17.7 Å². The van der Waals surface area contributed by atoms with Crippen LogP contribution in [-0.2, 0) is 27.2 Å². The Balaban J connectivity index is 1.29. The predicted molar refractivity (Wildman–Crippen MR) is 155 cm³/mol. The molecule has 3 heterocycles. The highest BCUT2D eigenvalue weighted by Gasteiger charge is 2.37. The number of rotatable bonds is 15. The Morgan fingerprint density at radius 1 is 1.12 bits per heavy atom.